The lowest BCUT2D eigenvalue weighted by Gasteiger charge is -2.59. The highest BCUT2D eigenvalue weighted by Crippen LogP contribution is 2.53. The molecule has 0 saturated carbocycles. The summed E-state index contributed by atoms with van der Waals surface area (Å²) in [5.41, 5.74) is -10.7. The zero-order chi connectivity index (χ0) is 20.2. The van der Waals surface area contributed by atoms with Crippen LogP contribution in [0, 0.1) is 0 Å². The van der Waals surface area contributed by atoms with Gasteiger partial charge in [0.15, 0.2) is 28.7 Å². The molecule has 0 aromatic carbocycles. The van der Waals surface area contributed by atoms with Crippen molar-refractivity contribution in [1.29, 1.82) is 0 Å². The Morgan fingerprint density at radius 1 is 0.880 bits per heavy atom. The average molecular weight is 427 g/mol. The summed E-state index contributed by atoms with van der Waals surface area (Å²) < 4.78 is 1.62. The standard InChI is InChI=1S/C14H19BrO10/c1-5(16)9(20)10-11(21,6(2)17)12(22,7(3)18)13(23,8(4)19)14(15,24)25-10/h9-10,20-24H,1-4H3/t9?,10-,11+,12+,13-,14-/m1/s1. The molecule has 142 valence electrons. The van der Waals surface area contributed by atoms with Crippen molar-refractivity contribution < 1.29 is 49.4 Å². The Bertz CT molecular complexity index is 646. The summed E-state index contributed by atoms with van der Waals surface area (Å²) in [6.45, 7) is 2.82. The van der Waals surface area contributed by atoms with Gasteiger partial charge in [0.25, 0.3) is 4.70 Å². The van der Waals surface area contributed by atoms with E-state index in [9.17, 15) is 44.7 Å². The van der Waals surface area contributed by atoms with Crippen molar-refractivity contribution in [2.75, 3.05) is 0 Å². The smallest absolute Gasteiger partial charge is 0.265 e. The molecule has 1 fully saturated rings. The Labute approximate surface area is 150 Å². The Balaban J connectivity index is 3.99. The van der Waals surface area contributed by atoms with Crippen molar-refractivity contribution in [3.05, 3.63) is 0 Å². The third kappa shape index (κ3) is 2.53. The summed E-state index contributed by atoms with van der Waals surface area (Å²) in [4.78, 5) is 47.8. The van der Waals surface area contributed by atoms with Gasteiger partial charge in [-0.25, -0.2) is 0 Å². The van der Waals surface area contributed by atoms with Crippen LogP contribution in [0.5, 0.6) is 0 Å². The van der Waals surface area contributed by atoms with Crippen molar-refractivity contribution in [3.63, 3.8) is 0 Å². The molecule has 5 N–H and O–H groups in total. The molecule has 25 heavy (non-hydrogen) atoms. The van der Waals surface area contributed by atoms with Gasteiger partial charge < -0.3 is 30.3 Å². The van der Waals surface area contributed by atoms with E-state index in [0.717, 1.165) is 6.92 Å². The van der Waals surface area contributed by atoms with Gasteiger partial charge in [-0.1, -0.05) is 0 Å². The minimum absolute atomic E-state index is 0.632. The highest BCUT2D eigenvalue weighted by molar-refractivity contribution is 9.10. The molecule has 1 aliphatic heterocycles. The molecule has 0 bridgehead atoms. The zero-order valence-corrected chi connectivity index (χ0v) is 15.4. The SMILES string of the molecule is CC(=O)C(O)[C@H]1O[C@@](O)(Br)[C@@](O)(C(C)=O)[C@](O)(C(C)=O)[C@]1(O)C(C)=O. The van der Waals surface area contributed by atoms with Gasteiger partial charge in [-0.15, -0.1) is 0 Å². The predicted octanol–water partition coefficient (Wildman–Crippen LogP) is -2.66. The first kappa shape index (κ1) is 22.0. The van der Waals surface area contributed by atoms with E-state index in [1.807, 2.05) is 0 Å². The Kier molecular flexibility index (Phi) is 5.51. The lowest BCUT2D eigenvalue weighted by atomic mass is 9.60. The minimum Gasteiger partial charge on any atom is -0.382 e. The molecule has 1 rings (SSSR count). The lowest BCUT2D eigenvalue weighted by molar-refractivity contribution is -0.375. The number of halogens is 1. The van der Waals surface area contributed by atoms with Crippen LogP contribution < -0.4 is 0 Å². The van der Waals surface area contributed by atoms with E-state index in [4.69, 9.17) is 4.74 Å². The van der Waals surface area contributed by atoms with Crippen molar-refractivity contribution in [3.8, 4) is 0 Å². The summed E-state index contributed by atoms with van der Waals surface area (Å²) >= 11 is 2.42. The third-order valence-corrected chi connectivity index (χ3v) is 5.24. The van der Waals surface area contributed by atoms with Crippen LogP contribution in [0.4, 0.5) is 0 Å². The van der Waals surface area contributed by atoms with Crippen LogP contribution in [0.3, 0.4) is 0 Å². The number of aliphatic hydroxyl groups is 5. The molecule has 10 nitrogen and oxygen atoms in total. The number of hydrogen-bond acceptors (Lipinski definition) is 10. The molecule has 0 aliphatic carbocycles. The van der Waals surface area contributed by atoms with Crippen LogP contribution in [-0.4, -0.2) is 82.4 Å². The fourth-order valence-electron chi connectivity index (χ4n) is 3.00. The van der Waals surface area contributed by atoms with Gasteiger partial charge in [-0.2, -0.15) is 0 Å². The molecular formula is C14H19BrO10. The highest BCUT2D eigenvalue weighted by atomic mass is 79.9. The number of carbonyl (C=O) groups is 4. The third-order valence-electron chi connectivity index (χ3n) is 4.48. The highest BCUT2D eigenvalue weighted by Gasteiger charge is 2.83. The molecule has 0 spiro atoms. The minimum atomic E-state index is -3.66. The first-order chi connectivity index (χ1) is 11.0. The van der Waals surface area contributed by atoms with Crippen LogP contribution in [0.25, 0.3) is 0 Å². The molecule has 0 aromatic rings. The van der Waals surface area contributed by atoms with Gasteiger partial charge in [0.2, 0.25) is 11.2 Å². The molecule has 1 unspecified atom stereocenters. The number of carbonyl (C=O) groups excluding carboxylic acids is 4. The molecule has 1 aliphatic rings. The van der Waals surface area contributed by atoms with E-state index in [1.165, 1.54) is 0 Å². The Hall–Kier alpha value is -1.08. The molecule has 11 heteroatoms. The molecule has 1 saturated heterocycles. The van der Waals surface area contributed by atoms with Crippen LogP contribution in [0.1, 0.15) is 27.7 Å². The van der Waals surface area contributed by atoms with E-state index in [1.54, 1.807) is 0 Å². The zero-order valence-electron chi connectivity index (χ0n) is 13.8. The summed E-state index contributed by atoms with van der Waals surface area (Å²) in [5, 5.41) is 52.7. The normalized spacial score (nSPS) is 42.6. The average Bonchev–Trinajstić information content (AvgIpc) is 2.47. The van der Waals surface area contributed by atoms with Crippen LogP contribution in [-0.2, 0) is 23.9 Å². The van der Waals surface area contributed by atoms with Crippen molar-refractivity contribution in [2.45, 2.75) is 61.4 Å². The summed E-state index contributed by atoms with van der Waals surface area (Å²) in [6.07, 6.45) is -4.68. The van der Waals surface area contributed by atoms with E-state index < -0.39 is 56.8 Å². The molecule has 0 radical (unpaired) electrons. The number of ketones is 4. The first-order valence-electron chi connectivity index (χ1n) is 7.01. The van der Waals surface area contributed by atoms with Crippen LogP contribution >= 0.6 is 15.9 Å². The fourth-order valence-corrected chi connectivity index (χ4v) is 3.77. The van der Waals surface area contributed by atoms with Gasteiger partial charge in [-0.3, -0.25) is 19.2 Å². The first-order valence-corrected chi connectivity index (χ1v) is 7.80. The molecular weight excluding hydrogens is 408 g/mol. The van der Waals surface area contributed by atoms with Gasteiger partial charge in [0.1, 0.15) is 12.2 Å². The van der Waals surface area contributed by atoms with E-state index >= 15 is 0 Å². The molecule has 0 amide bonds. The van der Waals surface area contributed by atoms with Crippen molar-refractivity contribution in [2.24, 2.45) is 0 Å². The number of hydrogen-bond donors (Lipinski definition) is 5. The monoisotopic (exact) mass is 426 g/mol. The second-order valence-corrected chi connectivity index (χ2v) is 7.09. The maximum atomic E-state index is 12.2. The molecule has 0 aromatic heterocycles. The van der Waals surface area contributed by atoms with E-state index in [2.05, 4.69) is 15.9 Å². The van der Waals surface area contributed by atoms with Gasteiger partial charge in [-0.05, 0) is 43.6 Å². The number of ether oxygens (including phenoxy) is 1. The van der Waals surface area contributed by atoms with Gasteiger partial charge in [0.05, 0.1) is 0 Å². The van der Waals surface area contributed by atoms with E-state index in [0.29, 0.717) is 20.8 Å². The predicted molar refractivity (Wildman–Crippen MR) is 82.3 cm³/mol. The van der Waals surface area contributed by atoms with Crippen LogP contribution in [0.15, 0.2) is 0 Å². The summed E-state index contributed by atoms with van der Waals surface area (Å²) in [5.74, 6) is -5.39. The van der Waals surface area contributed by atoms with Crippen molar-refractivity contribution in [1.82, 2.24) is 0 Å². The maximum absolute atomic E-state index is 12.2. The van der Waals surface area contributed by atoms with E-state index in [-0.39, 0.29) is 0 Å². The summed E-state index contributed by atoms with van der Waals surface area (Å²) in [6, 6.07) is 0. The van der Waals surface area contributed by atoms with Gasteiger partial charge >= 0.3 is 0 Å². The maximum Gasteiger partial charge on any atom is 0.265 e. The Morgan fingerprint density at radius 2 is 1.28 bits per heavy atom. The number of aliphatic hydroxyl groups excluding tert-OH is 1. The topological polar surface area (TPSA) is 179 Å². The number of alkyl halides is 1. The quantitative estimate of drug-likeness (QED) is 0.291. The molecule has 1 heterocycles. The lowest BCUT2D eigenvalue weighted by Crippen LogP contribution is -2.89. The summed E-state index contributed by atoms with van der Waals surface area (Å²) in [7, 11) is 0. The number of rotatable bonds is 5. The second kappa shape index (κ2) is 6.27. The molecule has 6 atom stereocenters. The fraction of sp³-hybridized carbons (Fsp3) is 0.714. The van der Waals surface area contributed by atoms with Crippen LogP contribution in [0.2, 0.25) is 0 Å². The number of Topliss-reactive ketones (excluding diaryl/α,β-unsaturated/α-hetero) is 4. The largest absolute Gasteiger partial charge is 0.382 e. The van der Waals surface area contributed by atoms with Gasteiger partial charge in [0, 0.05) is 0 Å². The van der Waals surface area contributed by atoms with Crippen molar-refractivity contribution >= 4 is 39.1 Å². The Morgan fingerprint density at radius 3 is 1.56 bits per heavy atom. The second-order valence-electron chi connectivity index (χ2n) is 6.01.